The van der Waals surface area contributed by atoms with Crippen LogP contribution in [0.2, 0.25) is 0 Å². The summed E-state index contributed by atoms with van der Waals surface area (Å²) in [6.45, 7) is 5.22. The van der Waals surface area contributed by atoms with E-state index in [0.29, 0.717) is 0 Å². The van der Waals surface area contributed by atoms with Gasteiger partial charge in [-0.3, -0.25) is 0 Å². The van der Waals surface area contributed by atoms with E-state index in [2.05, 4.69) is 50.2 Å². The summed E-state index contributed by atoms with van der Waals surface area (Å²) in [6, 6.07) is 13.9. The molecule has 6 rings (SSSR count). The molecule has 2 aliphatic carbocycles. The SMILES string of the molecule is CCCCOc1cc2c(s1)-c1ccc3c4c(ccc-2c14)-c1sc(C)cc1-3. The average Bonchev–Trinajstić information content (AvgIpc) is 3.34. The summed E-state index contributed by atoms with van der Waals surface area (Å²) in [5.74, 6) is 0. The van der Waals surface area contributed by atoms with Crippen molar-refractivity contribution in [3.8, 4) is 48.2 Å². The van der Waals surface area contributed by atoms with Gasteiger partial charge in [-0.25, -0.2) is 0 Å². The molecule has 0 aliphatic heterocycles. The zero-order valence-corrected chi connectivity index (χ0v) is 16.4. The third kappa shape index (κ3) is 1.80. The first kappa shape index (κ1) is 15.0. The lowest BCUT2D eigenvalue weighted by Gasteiger charge is -2.07. The predicted molar refractivity (Wildman–Crippen MR) is 114 cm³/mol. The van der Waals surface area contributed by atoms with Crippen LogP contribution in [0.1, 0.15) is 24.6 Å². The Morgan fingerprint density at radius 1 is 0.769 bits per heavy atom. The zero-order valence-electron chi connectivity index (χ0n) is 14.8. The van der Waals surface area contributed by atoms with Gasteiger partial charge in [0.05, 0.1) is 6.61 Å². The van der Waals surface area contributed by atoms with Crippen molar-refractivity contribution < 1.29 is 4.74 Å². The molecule has 128 valence electrons. The molecule has 0 spiro atoms. The van der Waals surface area contributed by atoms with Crippen molar-refractivity contribution in [1.82, 2.24) is 0 Å². The van der Waals surface area contributed by atoms with Gasteiger partial charge in [0.25, 0.3) is 0 Å². The minimum Gasteiger partial charge on any atom is -0.484 e. The Balaban J connectivity index is 1.55. The van der Waals surface area contributed by atoms with Crippen molar-refractivity contribution in [3.63, 3.8) is 0 Å². The van der Waals surface area contributed by atoms with Crippen molar-refractivity contribution in [2.45, 2.75) is 26.7 Å². The summed E-state index contributed by atoms with van der Waals surface area (Å²) in [6.07, 6.45) is 2.28. The summed E-state index contributed by atoms with van der Waals surface area (Å²) in [5, 5.41) is 3.96. The number of thiophene rings is 2. The first-order chi connectivity index (χ1) is 12.8. The van der Waals surface area contributed by atoms with Crippen molar-refractivity contribution in [3.05, 3.63) is 41.3 Å². The molecule has 2 aromatic carbocycles. The van der Waals surface area contributed by atoms with Crippen LogP contribution in [-0.2, 0) is 0 Å². The van der Waals surface area contributed by atoms with Gasteiger partial charge in [0.1, 0.15) is 0 Å². The lowest BCUT2D eigenvalue weighted by molar-refractivity contribution is 0.318. The van der Waals surface area contributed by atoms with Gasteiger partial charge in [-0.05, 0) is 41.3 Å². The van der Waals surface area contributed by atoms with E-state index in [0.717, 1.165) is 18.1 Å². The fourth-order valence-corrected chi connectivity index (χ4v) is 6.53. The Hall–Kier alpha value is -2.10. The lowest BCUT2D eigenvalue weighted by atomic mass is 9.98. The summed E-state index contributed by atoms with van der Waals surface area (Å²) < 4.78 is 5.99. The second kappa shape index (κ2) is 5.21. The minimum absolute atomic E-state index is 0.815. The summed E-state index contributed by atoms with van der Waals surface area (Å²) in [7, 11) is 0. The predicted octanol–water partition coefficient (Wildman–Crippen LogP) is 7.74. The first-order valence-electron chi connectivity index (χ1n) is 9.24. The van der Waals surface area contributed by atoms with Gasteiger partial charge in [0, 0.05) is 43.0 Å². The summed E-state index contributed by atoms with van der Waals surface area (Å²) in [5.41, 5.74) is 8.37. The van der Waals surface area contributed by atoms with Crippen LogP contribution < -0.4 is 4.74 Å². The molecule has 0 N–H and O–H groups in total. The van der Waals surface area contributed by atoms with Crippen LogP contribution in [0.4, 0.5) is 0 Å². The molecule has 0 atom stereocenters. The van der Waals surface area contributed by atoms with E-state index in [9.17, 15) is 0 Å². The second-order valence-corrected chi connectivity index (χ2v) is 9.45. The van der Waals surface area contributed by atoms with E-state index >= 15 is 0 Å². The molecule has 2 aromatic heterocycles. The monoisotopic (exact) mass is 374 g/mol. The number of benzene rings is 2. The van der Waals surface area contributed by atoms with Crippen molar-refractivity contribution in [2.75, 3.05) is 6.61 Å². The third-order valence-corrected chi connectivity index (χ3v) is 7.70. The number of fused-ring (bicyclic) bond motifs is 6. The highest BCUT2D eigenvalue weighted by Crippen LogP contribution is 2.59. The number of ether oxygens (including phenoxy) is 1. The Morgan fingerprint density at radius 3 is 2.08 bits per heavy atom. The van der Waals surface area contributed by atoms with E-state index in [1.165, 1.54) is 65.2 Å². The van der Waals surface area contributed by atoms with Crippen LogP contribution in [0, 0.1) is 6.92 Å². The highest BCUT2D eigenvalue weighted by molar-refractivity contribution is 7.18. The maximum absolute atomic E-state index is 5.99. The molecule has 26 heavy (non-hydrogen) atoms. The Labute approximate surface area is 160 Å². The van der Waals surface area contributed by atoms with Crippen LogP contribution in [0.25, 0.3) is 53.9 Å². The van der Waals surface area contributed by atoms with Gasteiger partial charge in [-0.1, -0.05) is 48.9 Å². The molecule has 2 heterocycles. The van der Waals surface area contributed by atoms with E-state index in [-0.39, 0.29) is 0 Å². The molecule has 2 aliphatic rings. The Bertz CT molecular complexity index is 1130. The maximum atomic E-state index is 5.99. The van der Waals surface area contributed by atoms with E-state index in [1.807, 2.05) is 11.3 Å². The summed E-state index contributed by atoms with van der Waals surface area (Å²) >= 11 is 3.72. The van der Waals surface area contributed by atoms with Gasteiger partial charge in [-0.15, -0.1) is 11.3 Å². The molecule has 0 radical (unpaired) electrons. The molecule has 4 aromatic rings. The number of hydrogen-bond acceptors (Lipinski definition) is 3. The van der Waals surface area contributed by atoms with Crippen LogP contribution in [0.15, 0.2) is 36.4 Å². The quantitative estimate of drug-likeness (QED) is 0.287. The van der Waals surface area contributed by atoms with Crippen molar-refractivity contribution in [2.24, 2.45) is 0 Å². The molecule has 0 fully saturated rings. The lowest BCUT2D eigenvalue weighted by Crippen LogP contribution is -1.93. The molecule has 1 nitrogen and oxygen atoms in total. The Morgan fingerprint density at radius 2 is 1.38 bits per heavy atom. The third-order valence-electron chi connectivity index (χ3n) is 5.54. The van der Waals surface area contributed by atoms with E-state index < -0.39 is 0 Å². The van der Waals surface area contributed by atoms with Crippen molar-refractivity contribution >= 4 is 33.4 Å². The second-order valence-electron chi connectivity index (χ2n) is 7.18. The Kier molecular flexibility index (Phi) is 3.01. The molecule has 3 heteroatoms. The topological polar surface area (TPSA) is 9.23 Å². The van der Waals surface area contributed by atoms with Gasteiger partial charge in [-0.2, -0.15) is 0 Å². The molecule has 0 amide bonds. The van der Waals surface area contributed by atoms with Crippen LogP contribution in [0.3, 0.4) is 0 Å². The number of aryl methyl sites for hydroxylation is 1. The standard InChI is InChI=1S/C23H18OS2/c1-3-4-9-24-19-11-18-14-6-7-15-20-13(17-10-12(2)25-22(15)17)5-8-16(21(14)20)23(18)26-19/h5-8,10-11H,3-4,9H2,1-2H3. The van der Waals surface area contributed by atoms with E-state index in [1.54, 1.807) is 11.3 Å². The largest absolute Gasteiger partial charge is 0.484 e. The highest BCUT2D eigenvalue weighted by atomic mass is 32.1. The molecular weight excluding hydrogens is 356 g/mol. The molecular formula is C23H18OS2. The van der Waals surface area contributed by atoms with Gasteiger partial charge < -0.3 is 4.74 Å². The normalized spacial score (nSPS) is 12.7. The van der Waals surface area contributed by atoms with Crippen molar-refractivity contribution in [1.29, 1.82) is 0 Å². The highest BCUT2D eigenvalue weighted by Gasteiger charge is 2.31. The smallest absolute Gasteiger partial charge is 0.174 e. The number of unbranched alkanes of at least 4 members (excludes halogenated alkanes) is 1. The van der Waals surface area contributed by atoms with Gasteiger partial charge in [0.15, 0.2) is 5.06 Å². The van der Waals surface area contributed by atoms with E-state index in [4.69, 9.17) is 4.74 Å². The van der Waals surface area contributed by atoms with Crippen LogP contribution in [-0.4, -0.2) is 6.61 Å². The molecule has 0 bridgehead atoms. The fraction of sp³-hybridized carbons (Fsp3) is 0.217. The molecule has 0 saturated heterocycles. The fourth-order valence-electron chi connectivity index (χ4n) is 4.39. The first-order valence-corrected chi connectivity index (χ1v) is 10.9. The average molecular weight is 375 g/mol. The minimum atomic E-state index is 0.815. The summed E-state index contributed by atoms with van der Waals surface area (Å²) in [4.78, 5) is 4.21. The molecule has 0 saturated carbocycles. The molecule has 0 unspecified atom stereocenters. The number of hydrogen-bond donors (Lipinski definition) is 0. The van der Waals surface area contributed by atoms with Gasteiger partial charge >= 0.3 is 0 Å². The van der Waals surface area contributed by atoms with Crippen LogP contribution >= 0.6 is 22.7 Å². The number of rotatable bonds is 4. The van der Waals surface area contributed by atoms with Gasteiger partial charge in [0.2, 0.25) is 0 Å². The maximum Gasteiger partial charge on any atom is 0.174 e. The van der Waals surface area contributed by atoms with Crippen LogP contribution in [0.5, 0.6) is 5.06 Å². The zero-order chi connectivity index (χ0) is 17.4.